The standard InChI is InChI=1S/C13H17N3O2S/c1-4-14-13-16-15-12(19-13)8-18-10-6-5-9(2)7-11(10)17-3/h5-7H,4,8H2,1-3H3,(H,14,16). The van der Waals surface area contributed by atoms with Crippen molar-refractivity contribution in [2.75, 3.05) is 19.0 Å². The predicted octanol–water partition coefficient (Wildman–Crippen LogP) is 2.87. The molecule has 0 fully saturated rings. The van der Waals surface area contributed by atoms with Crippen LogP contribution < -0.4 is 14.8 Å². The normalized spacial score (nSPS) is 10.3. The van der Waals surface area contributed by atoms with Crippen LogP contribution in [0, 0.1) is 6.92 Å². The van der Waals surface area contributed by atoms with Crippen molar-refractivity contribution in [1.82, 2.24) is 10.2 Å². The number of rotatable bonds is 6. The SMILES string of the molecule is CCNc1nnc(COc2ccc(C)cc2OC)s1. The minimum absolute atomic E-state index is 0.391. The number of hydrogen-bond acceptors (Lipinski definition) is 6. The van der Waals surface area contributed by atoms with Crippen LogP contribution >= 0.6 is 11.3 Å². The molecule has 0 aliphatic rings. The first kappa shape index (κ1) is 13.6. The quantitative estimate of drug-likeness (QED) is 0.881. The molecule has 1 heterocycles. The van der Waals surface area contributed by atoms with Crippen LogP contribution in [0.4, 0.5) is 5.13 Å². The third-order valence-electron chi connectivity index (χ3n) is 2.47. The monoisotopic (exact) mass is 279 g/mol. The molecule has 0 aliphatic carbocycles. The van der Waals surface area contributed by atoms with Crippen LogP contribution in [0.25, 0.3) is 0 Å². The lowest BCUT2D eigenvalue weighted by Gasteiger charge is -2.09. The molecule has 2 aromatic rings. The Morgan fingerprint density at radius 3 is 2.84 bits per heavy atom. The zero-order valence-corrected chi connectivity index (χ0v) is 12.1. The Hall–Kier alpha value is -1.82. The third-order valence-corrected chi connectivity index (χ3v) is 3.32. The molecule has 1 N–H and O–H groups in total. The fourth-order valence-corrected chi connectivity index (χ4v) is 2.29. The van der Waals surface area contributed by atoms with E-state index in [9.17, 15) is 0 Å². The molecule has 0 saturated carbocycles. The van der Waals surface area contributed by atoms with Gasteiger partial charge in [-0.25, -0.2) is 0 Å². The van der Waals surface area contributed by atoms with Gasteiger partial charge < -0.3 is 14.8 Å². The minimum Gasteiger partial charge on any atom is -0.493 e. The number of nitrogens with one attached hydrogen (secondary N) is 1. The summed E-state index contributed by atoms with van der Waals surface area (Å²) in [5, 5.41) is 12.9. The number of benzene rings is 1. The molecular formula is C13H17N3O2S. The molecule has 1 aromatic carbocycles. The van der Waals surface area contributed by atoms with Crippen molar-refractivity contribution in [2.24, 2.45) is 0 Å². The van der Waals surface area contributed by atoms with Crippen LogP contribution in [0.1, 0.15) is 17.5 Å². The number of anilines is 1. The molecule has 102 valence electrons. The molecule has 0 bridgehead atoms. The van der Waals surface area contributed by atoms with Crippen molar-refractivity contribution in [1.29, 1.82) is 0 Å². The number of methoxy groups -OCH3 is 1. The Morgan fingerprint density at radius 1 is 1.26 bits per heavy atom. The Morgan fingerprint density at radius 2 is 2.11 bits per heavy atom. The smallest absolute Gasteiger partial charge is 0.205 e. The Labute approximate surface area is 116 Å². The van der Waals surface area contributed by atoms with E-state index in [0.29, 0.717) is 12.4 Å². The number of aromatic nitrogens is 2. The number of aryl methyl sites for hydroxylation is 1. The molecule has 6 heteroatoms. The van der Waals surface area contributed by atoms with E-state index >= 15 is 0 Å². The molecule has 0 atom stereocenters. The van der Waals surface area contributed by atoms with Gasteiger partial charge in [0.15, 0.2) is 16.5 Å². The molecule has 0 spiro atoms. The van der Waals surface area contributed by atoms with E-state index in [1.807, 2.05) is 32.0 Å². The van der Waals surface area contributed by atoms with E-state index in [1.54, 1.807) is 7.11 Å². The summed E-state index contributed by atoms with van der Waals surface area (Å²) < 4.78 is 11.0. The van der Waals surface area contributed by atoms with E-state index < -0.39 is 0 Å². The van der Waals surface area contributed by atoms with Gasteiger partial charge in [-0.3, -0.25) is 0 Å². The summed E-state index contributed by atoms with van der Waals surface area (Å²) in [6, 6.07) is 5.84. The highest BCUT2D eigenvalue weighted by Crippen LogP contribution is 2.29. The maximum atomic E-state index is 5.72. The first-order valence-corrected chi connectivity index (χ1v) is 6.88. The molecule has 19 heavy (non-hydrogen) atoms. The van der Waals surface area contributed by atoms with Crippen LogP contribution in [0.15, 0.2) is 18.2 Å². The highest BCUT2D eigenvalue weighted by molar-refractivity contribution is 7.15. The maximum Gasteiger partial charge on any atom is 0.205 e. The summed E-state index contributed by atoms with van der Waals surface area (Å²) in [6.07, 6.45) is 0. The first-order valence-electron chi connectivity index (χ1n) is 6.06. The van der Waals surface area contributed by atoms with Crippen LogP contribution in [-0.2, 0) is 6.61 Å². The van der Waals surface area contributed by atoms with Crippen molar-refractivity contribution in [3.8, 4) is 11.5 Å². The fourth-order valence-electron chi connectivity index (χ4n) is 1.57. The first-order chi connectivity index (χ1) is 9.22. The van der Waals surface area contributed by atoms with Crippen LogP contribution in [-0.4, -0.2) is 23.9 Å². The predicted molar refractivity (Wildman–Crippen MR) is 76.1 cm³/mol. The molecule has 2 rings (SSSR count). The maximum absolute atomic E-state index is 5.72. The molecule has 0 unspecified atom stereocenters. The van der Waals surface area contributed by atoms with Crippen LogP contribution in [0.3, 0.4) is 0 Å². The average molecular weight is 279 g/mol. The zero-order valence-electron chi connectivity index (χ0n) is 11.3. The fraction of sp³-hybridized carbons (Fsp3) is 0.385. The second-order valence-corrected chi connectivity index (χ2v) is 5.04. The van der Waals surface area contributed by atoms with Crippen LogP contribution in [0.5, 0.6) is 11.5 Å². The van der Waals surface area contributed by atoms with Crippen molar-refractivity contribution in [3.05, 3.63) is 28.8 Å². The van der Waals surface area contributed by atoms with E-state index in [0.717, 1.165) is 28.0 Å². The van der Waals surface area contributed by atoms with Crippen molar-refractivity contribution in [3.63, 3.8) is 0 Å². The molecule has 0 radical (unpaired) electrons. The number of hydrogen-bond donors (Lipinski definition) is 1. The second-order valence-electron chi connectivity index (χ2n) is 3.97. The molecule has 0 saturated heterocycles. The summed E-state index contributed by atoms with van der Waals surface area (Å²) in [7, 11) is 1.63. The molecule has 1 aromatic heterocycles. The van der Waals surface area contributed by atoms with Crippen molar-refractivity contribution in [2.45, 2.75) is 20.5 Å². The van der Waals surface area contributed by atoms with Gasteiger partial charge in [-0.1, -0.05) is 17.4 Å². The molecule has 5 nitrogen and oxygen atoms in total. The van der Waals surface area contributed by atoms with E-state index in [2.05, 4.69) is 15.5 Å². The van der Waals surface area contributed by atoms with Crippen LogP contribution in [0.2, 0.25) is 0 Å². The topological polar surface area (TPSA) is 56.3 Å². The van der Waals surface area contributed by atoms with Gasteiger partial charge >= 0.3 is 0 Å². The molecule has 0 amide bonds. The number of ether oxygens (including phenoxy) is 2. The Bertz CT molecular complexity index is 542. The Balaban J connectivity index is 2.01. The van der Waals surface area contributed by atoms with Gasteiger partial charge in [0.05, 0.1) is 7.11 Å². The lowest BCUT2D eigenvalue weighted by molar-refractivity contribution is 0.283. The number of nitrogens with zero attached hydrogens (tertiary/aromatic N) is 2. The van der Waals surface area contributed by atoms with Crippen molar-refractivity contribution >= 4 is 16.5 Å². The van der Waals surface area contributed by atoms with Gasteiger partial charge in [0, 0.05) is 6.54 Å². The summed E-state index contributed by atoms with van der Waals surface area (Å²) in [4.78, 5) is 0. The van der Waals surface area contributed by atoms with E-state index in [-0.39, 0.29) is 0 Å². The second kappa shape index (κ2) is 6.38. The summed E-state index contributed by atoms with van der Waals surface area (Å²) in [5.74, 6) is 1.45. The summed E-state index contributed by atoms with van der Waals surface area (Å²) in [6.45, 7) is 5.26. The van der Waals surface area contributed by atoms with Gasteiger partial charge in [-0.15, -0.1) is 10.2 Å². The highest BCUT2D eigenvalue weighted by atomic mass is 32.1. The minimum atomic E-state index is 0.391. The van der Waals surface area contributed by atoms with Gasteiger partial charge in [0.25, 0.3) is 0 Å². The van der Waals surface area contributed by atoms with Gasteiger partial charge in [0.1, 0.15) is 6.61 Å². The highest BCUT2D eigenvalue weighted by Gasteiger charge is 2.07. The average Bonchev–Trinajstić information content (AvgIpc) is 2.85. The van der Waals surface area contributed by atoms with Gasteiger partial charge in [-0.2, -0.15) is 0 Å². The molecule has 0 aliphatic heterocycles. The van der Waals surface area contributed by atoms with Crippen molar-refractivity contribution < 1.29 is 9.47 Å². The lowest BCUT2D eigenvalue weighted by Crippen LogP contribution is -1.97. The summed E-state index contributed by atoms with van der Waals surface area (Å²) in [5.41, 5.74) is 1.13. The van der Waals surface area contributed by atoms with Gasteiger partial charge in [-0.05, 0) is 31.5 Å². The summed E-state index contributed by atoms with van der Waals surface area (Å²) >= 11 is 1.49. The third kappa shape index (κ3) is 3.57. The largest absolute Gasteiger partial charge is 0.493 e. The van der Waals surface area contributed by atoms with E-state index in [1.165, 1.54) is 11.3 Å². The molecular weight excluding hydrogens is 262 g/mol. The van der Waals surface area contributed by atoms with Gasteiger partial charge in [0.2, 0.25) is 5.13 Å². The van der Waals surface area contributed by atoms with E-state index in [4.69, 9.17) is 9.47 Å². The zero-order chi connectivity index (χ0) is 13.7. The Kier molecular flexibility index (Phi) is 4.57. The lowest BCUT2D eigenvalue weighted by atomic mass is 10.2.